The van der Waals surface area contributed by atoms with Gasteiger partial charge in [0.2, 0.25) is 5.89 Å². The van der Waals surface area contributed by atoms with Crippen LogP contribution in [0.3, 0.4) is 0 Å². The van der Waals surface area contributed by atoms with Crippen LogP contribution in [0.25, 0.3) is 0 Å². The quantitative estimate of drug-likeness (QED) is 0.888. The molecule has 16 heavy (non-hydrogen) atoms. The van der Waals surface area contributed by atoms with E-state index >= 15 is 0 Å². The fraction of sp³-hybridized carbons (Fsp3) is 0.455. The van der Waals surface area contributed by atoms with Gasteiger partial charge in [-0.05, 0) is 20.8 Å². The van der Waals surface area contributed by atoms with Crippen molar-refractivity contribution in [3.8, 4) is 0 Å². The minimum Gasteiger partial charge on any atom is -0.445 e. The molecule has 0 aliphatic rings. The molecule has 5 heteroatoms. The largest absolute Gasteiger partial charge is 0.445 e. The smallest absolute Gasteiger partial charge is 0.208 e. The molecule has 2 aromatic rings. The van der Waals surface area contributed by atoms with Crippen molar-refractivity contribution >= 4 is 11.3 Å². The van der Waals surface area contributed by atoms with Gasteiger partial charge < -0.3 is 4.42 Å². The maximum atomic E-state index is 5.38. The SMILES string of the molecule is Cc1cnc(CN[C@H](C)c2ncc(C)s2)o1. The van der Waals surface area contributed by atoms with E-state index in [2.05, 4.69) is 29.1 Å². The average Bonchev–Trinajstić information content (AvgIpc) is 2.84. The number of nitrogens with zero attached hydrogens (tertiary/aromatic N) is 2. The van der Waals surface area contributed by atoms with Gasteiger partial charge in [-0.25, -0.2) is 9.97 Å². The average molecular weight is 237 g/mol. The maximum absolute atomic E-state index is 5.38. The van der Waals surface area contributed by atoms with Gasteiger partial charge in [0.15, 0.2) is 0 Å². The highest BCUT2D eigenvalue weighted by Crippen LogP contribution is 2.19. The number of aryl methyl sites for hydroxylation is 2. The second kappa shape index (κ2) is 4.76. The first-order valence-corrected chi connectivity index (χ1v) is 6.04. The van der Waals surface area contributed by atoms with Gasteiger partial charge in [0.25, 0.3) is 0 Å². The Morgan fingerprint density at radius 3 is 2.75 bits per heavy atom. The molecule has 0 amide bonds. The molecule has 0 saturated heterocycles. The highest BCUT2D eigenvalue weighted by atomic mass is 32.1. The van der Waals surface area contributed by atoms with Crippen LogP contribution in [0.1, 0.15) is 34.5 Å². The van der Waals surface area contributed by atoms with Crippen LogP contribution >= 0.6 is 11.3 Å². The fourth-order valence-electron chi connectivity index (χ4n) is 1.38. The predicted molar refractivity (Wildman–Crippen MR) is 63.3 cm³/mol. The second-order valence-corrected chi connectivity index (χ2v) is 5.04. The van der Waals surface area contributed by atoms with Gasteiger partial charge in [-0.2, -0.15) is 0 Å². The maximum Gasteiger partial charge on any atom is 0.208 e. The van der Waals surface area contributed by atoms with Gasteiger partial charge in [0, 0.05) is 11.1 Å². The van der Waals surface area contributed by atoms with Gasteiger partial charge in [-0.15, -0.1) is 11.3 Å². The summed E-state index contributed by atoms with van der Waals surface area (Å²) in [5.41, 5.74) is 0. The van der Waals surface area contributed by atoms with Crippen LogP contribution in [0.5, 0.6) is 0 Å². The molecule has 0 bridgehead atoms. The van der Waals surface area contributed by atoms with Crippen molar-refractivity contribution in [1.82, 2.24) is 15.3 Å². The van der Waals surface area contributed by atoms with Crippen LogP contribution < -0.4 is 5.32 Å². The van der Waals surface area contributed by atoms with E-state index in [0.29, 0.717) is 6.54 Å². The number of hydrogen-bond acceptors (Lipinski definition) is 5. The third kappa shape index (κ3) is 2.68. The Labute approximate surface area is 98.7 Å². The molecular formula is C11H15N3OS. The molecule has 0 aromatic carbocycles. The standard InChI is InChI=1S/C11H15N3OS/c1-7-4-13-10(15-7)6-12-9(3)11-14-5-8(2)16-11/h4-5,9,12H,6H2,1-3H3/t9-/m1/s1. The van der Waals surface area contributed by atoms with Gasteiger partial charge in [0.1, 0.15) is 10.8 Å². The number of thiazole rings is 1. The molecular weight excluding hydrogens is 222 g/mol. The number of nitrogens with one attached hydrogen (secondary N) is 1. The zero-order valence-electron chi connectivity index (χ0n) is 9.65. The van der Waals surface area contributed by atoms with E-state index in [1.54, 1.807) is 17.5 Å². The Balaban J connectivity index is 1.91. The molecule has 2 rings (SSSR count). The Morgan fingerprint density at radius 2 is 2.19 bits per heavy atom. The Bertz CT molecular complexity index is 463. The van der Waals surface area contributed by atoms with Crippen LogP contribution in [0.2, 0.25) is 0 Å². The van der Waals surface area contributed by atoms with E-state index in [-0.39, 0.29) is 6.04 Å². The predicted octanol–water partition coefficient (Wildman–Crippen LogP) is 2.60. The molecule has 4 nitrogen and oxygen atoms in total. The van der Waals surface area contributed by atoms with Crippen molar-refractivity contribution in [3.63, 3.8) is 0 Å². The zero-order valence-corrected chi connectivity index (χ0v) is 10.5. The number of aromatic nitrogens is 2. The molecule has 0 unspecified atom stereocenters. The molecule has 0 fully saturated rings. The summed E-state index contributed by atoms with van der Waals surface area (Å²) in [6.45, 7) is 6.68. The summed E-state index contributed by atoms with van der Waals surface area (Å²) in [6, 6.07) is 0.228. The van der Waals surface area contributed by atoms with Crippen molar-refractivity contribution in [3.05, 3.63) is 33.9 Å². The molecule has 0 aliphatic carbocycles. The molecule has 1 N–H and O–H groups in total. The lowest BCUT2D eigenvalue weighted by molar-refractivity contribution is 0.432. The van der Waals surface area contributed by atoms with Crippen LogP contribution in [-0.2, 0) is 6.54 Å². The highest BCUT2D eigenvalue weighted by Gasteiger charge is 2.10. The molecule has 2 heterocycles. The van der Waals surface area contributed by atoms with Crippen LogP contribution in [0.4, 0.5) is 0 Å². The zero-order chi connectivity index (χ0) is 11.5. The minimum absolute atomic E-state index is 0.228. The van der Waals surface area contributed by atoms with Crippen molar-refractivity contribution in [2.75, 3.05) is 0 Å². The highest BCUT2D eigenvalue weighted by molar-refractivity contribution is 7.11. The molecule has 0 radical (unpaired) electrons. The molecule has 0 aliphatic heterocycles. The summed E-state index contributed by atoms with van der Waals surface area (Å²) < 4.78 is 5.38. The van der Waals surface area contributed by atoms with Crippen molar-refractivity contribution in [2.24, 2.45) is 0 Å². The molecule has 86 valence electrons. The monoisotopic (exact) mass is 237 g/mol. The summed E-state index contributed by atoms with van der Waals surface area (Å²) in [7, 11) is 0. The van der Waals surface area contributed by atoms with E-state index in [9.17, 15) is 0 Å². The Morgan fingerprint density at radius 1 is 1.38 bits per heavy atom. The summed E-state index contributed by atoms with van der Waals surface area (Å²) in [5.74, 6) is 1.56. The number of hydrogen-bond donors (Lipinski definition) is 1. The lowest BCUT2D eigenvalue weighted by Crippen LogP contribution is -2.17. The Kier molecular flexibility index (Phi) is 3.36. The lowest BCUT2D eigenvalue weighted by Gasteiger charge is -2.08. The summed E-state index contributed by atoms with van der Waals surface area (Å²) in [5, 5.41) is 4.43. The van der Waals surface area contributed by atoms with Crippen LogP contribution in [0.15, 0.2) is 16.8 Å². The topological polar surface area (TPSA) is 51.0 Å². The van der Waals surface area contributed by atoms with E-state index in [0.717, 1.165) is 16.7 Å². The van der Waals surface area contributed by atoms with Crippen LogP contribution in [0, 0.1) is 13.8 Å². The van der Waals surface area contributed by atoms with E-state index in [1.165, 1.54) is 4.88 Å². The summed E-state index contributed by atoms with van der Waals surface area (Å²) in [6.07, 6.45) is 3.63. The molecule has 1 atom stereocenters. The van der Waals surface area contributed by atoms with Crippen molar-refractivity contribution in [1.29, 1.82) is 0 Å². The minimum atomic E-state index is 0.228. The van der Waals surface area contributed by atoms with Crippen molar-refractivity contribution in [2.45, 2.75) is 33.4 Å². The third-order valence-corrected chi connectivity index (χ3v) is 3.33. The van der Waals surface area contributed by atoms with Gasteiger partial charge in [-0.3, -0.25) is 5.32 Å². The van der Waals surface area contributed by atoms with Gasteiger partial charge in [-0.1, -0.05) is 0 Å². The first-order chi connectivity index (χ1) is 7.65. The third-order valence-electron chi connectivity index (χ3n) is 2.24. The second-order valence-electron chi connectivity index (χ2n) is 3.78. The van der Waals surface area contributed by atoms with E-state index < -0.39 is 0 Å². The number of oxazole rings is 1. The summed E-state index contributed by atoms with van der Waals surface area (Å²) >= 11 is 1.71. The van der Waals surface area contributed by atoms with Gasteiger partial charge >= 0.3 is 0 Å². The first-order valence-electron chi connectivity index (χ1n) is 5.22. The van der Waals surface area contributed by atoms with Gasteiger partial charge in [0.05, 0.1) is 18.8 Å². The lowest BCUT2D eigenvalue weighted by atomic mass is 10.3. The van der Waals surface area contributed by atoms with E-state index in [4.69, 9.17) is 4.42 Å². The molecule has 0 spiro atoms. The summed E-state index contributed by atoms with van der Waals surface area (Å²) in [4.78, 5) is 9.71. The molecule has 0 saturated carbocycles. The number of rotatable bonds is 4. The normalized spacial score (nSPS) is 12.9. The fourth-order valence-corrected chi connectivity index (χ4v) is 2.18. The van der Waals surface area contributed by atoms with Crippen LogP contribution in [-0.4, -0.2) is 9.97 Å². The Hall–Kier alpha value is -1.20. The van der Waals surface area contributed by atoms with Crippen molar-refractivity contribution < 1.29 is 4.42 Å². The van der Waals surface area contributed by atoms with E-state index in [1.807, 2.05) is 13.1 Å². The first kappa shape index (κ1) is 11.3. The molecule has 2 aromatic heterocycles.